The lowest BCUT2D eigenvalue weighted by Gasteiger charge is -2.20. The van der Waals surface area contributed by atoms with Crippen LogP contribution in [-0.2, 0) is 6.54 Å². The molecular formula is C15H21N3Si. The molecule has 1 aromatic heterocycles. The fourth-order valence-corrected chi connectivity index (χ4v) is 4.84. The van der Waals surface area contributed by atoms with E-state index in [1.165, 1.54) is 18.1 Å². The number of hydrogen-bond donors (Lipinski definition) is 0. The summed E-state index contributed by atoms with van der Waals surface area (Å²) < 4.78 is 1.89. The Morgan fingerprint density at radius 2 is 1.79 bits per heavy atom. The molecule has 0 aliphatic rings. The van der Waals surface area contributed by atoms with Crippen molar-refractivity contribution >= 4 is 19.1 Å². The van der Waals surface area contributed by atoms with E-state index in [1.54, 1.807) is 0 Å². The highest BCUT2D eigenvalue weighted by Crippen LogP contribution is 2.18. The van der Waals surface area contributed by atoms with E-state index in [0.29, 0.717) is 6.54 Å². The molecule has 0 aliphatic carbocycles. The van der Waals surface area contributed by atoms with Gasteiger partial charge in [-0.25, -0.2) is 4.68 Å². The van der Waals surface area contributed by atoms with Gasteiger partial charge in [0.1, 0.15) is 20.1 Å². The SMILES string of the molecule is CC[Si](C#CCn1nnc2ccccc21)(CC)CC. The van der Waals surface area contributed by atoms with Gasteiger partial charge in [0.2, 0.25) is 0 Å². The van der Waals surface area contributed by atoms with E-state index in [1.807, 2.05) is 28.9 Å². The molecule has 0 amide bonds. The summed E-state index contributed by atoms with van der Waals surface area (Å²) in [6.07, 6.45) is 0. The fraction of sp³-hybridized carbons (Fsp3) is 0.467. The minimum atomic E-state index is -1.34. The second-order valence-corrected chi connectivity index (χ2v) is 9.81. The Bertz CT molecular complexity index is 594. The van der Waals surface area contributed by atoms with E-state index in [0.717, 1.165) is 11.0 Å². The van der Waals surface area contributed by atoms with E-state index in [-0.39, 0.29) is 0 Å². The molecule has 0 fully saturated rings. The highest BCUT2D eigenvalue weighted by atomic mass is 28.3. The Balaban J connectivity index is 2.19. The first-order valence-electron chi connectivity index (χ1n) is 7.03. The predicted octanol–water partition coefficient (Wildman–Crippen LogP) is 3.48. The Morgan fingerprint density at radius 1 is 1.11 bits per heavy atom. The molecule has 0 unspecified atom stereocenters. The molecule has 3 nitrogen and oxygen atoms in total. The average Bonchev–Trinajstić information content (AvgIpc) is 2.88. The largest absolute Gasteiger partial charge is 0.233 e. The van der Waals surface area contributed by atoms with Crippen LogP contribution in [-0.4, -0.2) is 23.1 Å². The van der Waals surface area contributed by atoms with E-state index in [2.05, 4.69) is 42.5 Å². The highest BCUT2D eigenvalue weighted by molar-refractivity contribution is 6.87. The molecule has 0 aliphatic heterocycles. The Hall–Kier alpha value is -1.60. The smallest absolute Gasteiger partial charge is 0.137 e. The van der Waals surface area contributed by atoms with Gasteiger partial charge < -0.3 is 0 Å². The molecule has 0 atom stereocenters. The minimum Gasteiger partial charge on any atom is -0.233 e. The van der Waals surface area contributed by atoms with Gasteiger partial charge >= 0.3 is 0 Å². The van der Waals surface area contributed by atoms with Crippen LogP contribution in [0.25, 0.3) is 11.0 Å². The third-order valence-corrected chi connectivity index (χ3v) is 8.80. The first-order chi connectivity index (χ1) is 9.24. The fourth-order valence-electron chi connectivity index (χ4n) is 2.35. The lowest BCUT2D eigenvalue weighted by molar-refractivity contribution is 0.693. The number of hydrogen-bond acceptors (Lipinski definition) is 2. The summed E-state index contributed by atoms with van der Waals surface area (Å²) in [7, 11) is -1.34. The maximum atomic E-state index is 4.17. The molecule has 0 N–H and O–H groups in total. The number of aromatic nitrogens is 3. The molecule has 0 saturated heterocycles. The molecule has 0 saturated carbocycles. The summed E-state index contributed by atoms with van der Waals surface area (Å²) in [6, 6.07) is 11.7. The van der Waals surface area contributed by atoms with Gasteiger partial charge in [-0.2, -0.15) is 0 Å². The van der Waals surface area contributed by atoms with Crippen LogP contribution in [0.15, 0.2) is 24.3 Å². The van der Waals surface area contributed by atoms with Crippen LogP contribution >= 0.6 is 0 Å². The van der Waals surface area contributed by atoms with E-state index in [4.69, 9.17) is 0 Å². The van der Waals surface area contributed by atoms with Crippen molar-refractivity contribution in [3.63, 3.8) is 0 Å². The molecule has 2 aromatic rings. The van der Waals surface area contributed by atoms with Gasteiger partial charge in [0, 0.05) is 0 Å². The average molecular weight is 271 g/mol. The Labute approximate surface area is 116 Å². The van der Waals surface area contributed by atoms with Crippen LogP contribution in [0.1, 0.15) is 20.8 Å². The monoisotopic (exact) mass is 271 g/mol. The first-order valence-corrected chi connectivity index (χ1v) is 9.65. The summed E-state index contributed by atoms with van der Waals surface area (Å²) in [4.78, 5) is 0. The Kier molecular flexibility index (Phi) is 4.38. The minimum absolute atomic E-state index is 0.648. The summed E-state index contributed by atoms with van der Waals surface area (Å²) in [5, 5.41) is 8.32. The molecular weight excluding hydrogens is 250 g/mol. The maximum Gasteiger partial charge on any atom is 0.137 e. The Morgan fingerprint density at radius 3 is 2.47 bits per heavy atom. The van der Waals surface area contributed by atoms with Crippen LogP contribution in [0.3, 0.4) is 0 Å². The van der Waals surface area contributed by atoms with Crippen molar-refractivity contribution in [3.8, 4) is 11.5 Å². The van der Waals surface area contributed by atoms with E-state index in [9.17, 15) is 0 Å². The standard InChI is InChI=1S/C15H21N3Si/c1-4-19(5-2,6-3)13-9-12-18-15-11-8-7-10-14(15)16-17-18/h7-8,10-11H,4-6,12H2,1-3H3. The zero-order valence-corrected chi connectivity index (χ0v) is 13.0. The summed E-state index contributed by atoms with van der Waals surface area (Å²) in [5.74, 6) is 3.35. The van der Waals surface area contributed by atoms with Gasteiger partial charge in [-0.05, 0) is 30.3 Å². The zero-order chi connectivity index (χ0) is 13.7. The lowest BCUT2D eigenvalue weighted by Crippen LogP contribution is -2.29. The summed E-state index contributed by atoms with van der Waals surface area (Å²) in [5.41, 5.74) is 5.59. The summed E-state index contributed by atoms with van der Waals surface area (Å²) in [6.45, 7) is 7.48. The topological polar surface area (TPSA) is 30.7 Å². The van der Waals surface area contributed by atoms with Crippen LogP contribution in [0.4, 0.5) is 0 Å². The normalized spacial score (nSPS) is 11.3. The molecule has 0 bridgehead atoms. The zero-order valence-electron chi connectivity index (χ0n) is 12.0. The van der Waals surface area contributed by atoms with Gasteiger partial charge in [0.05, 0.1) is 5.52 Å². The van der Waals surface area contributed by atoms with Gasteiger partial charge in [0.15, 0.2) is 0 Å². The quantitative estimate of drug-likeness (QED) is 0.629. The van der Waals surface area contributed by atoms with Crippen LogP contribution in [0.5, 0.6) is 0 Å². The number of rotatable bonds is 4. The second kappa shape index (κ2) is 6.03. The molecule has 1 heterocycles. The van der Waals surface area contributed by atoms with Gasteiger partial charge in [-0.15, -0.1) is 10.6 Å². The van der Waals surface area contributed by atoms with Crippen LogP contribution < -0.4 is 0 Å². The van der Waals surface area contributed by atoms with Crippen LogP contribution in [0, 0.1) is 11.5 Å². The first kappa shape index (κ1) is 13.8. The third kappa shape index (κ3) is 2.87. The molecule has 0 spiro atoms. The number of nitrogens with zero attached hydrogens (tertiary/aromatic N) is 3. The number of fused-ring (bicyclic) bond motifs is 1. The van der Waals surface area contributed by atoms with Crippen molar-refractivity contribution in [3.05, 3.63) is 24.3 Å². The molecule has 0 radical (unpaired) electrons. The number of para-hydroxylation sites is 1. The molecule has 19 heavy (non-hydrogen) atoms. The molecule has 100 valence electrons. The van der Waals surface area contributed by atoms with Crippen LogP contribution in [0.2, 0.25) is 18.1 Å². The van der Waals surface area contributed by atoms with Crippen molar-refractivity contribution in [1.82, 2.24) is 15.0 Å². The maximum absolute atomic E-state index is 4.17. The van der Waals surface area contributed by atoms with Crippen molar-refractivity contribution in [1.29, 1.82) is 0 Å². The summed E-state index contributed by atoms with van der Waals surface area (Å²) >= 11 is 0. The van der Waals surface area contributed by atoms with Gasteiger partial charge in [0.25, 0.3) is 0 Å². The van der Waals surface area contributed by atoms with Crippen molar-refractivity contribution in [2.45, 2.75) is 45.4 Å². The molecule has 2 rings (SSSR count). The third-order valence-electron chi connectivity index (χ3n) is 4.03. The van der Waals surface area contributed by atoms with E-state index < -0.39 is 8.07 Å². The van der Waals surface area contributed by atoms with E-state index >= 15 is 0 Å². The van der Waals surface area contributed by atoms with Crippen molar-refractivity contribution in [2.75, 3.05) is 0 Å². The van der Waals surface area contributed by atoms with Gasteiger partial charge in [-0.1, -0.05) is 44.0 Å². The predicted molar refractivity (Wildman–Crippen MR) is 82.5 cm³/mol. The van der Waals surface area contributed by atoms with Crippen molar-refractivity contribution in [2.24, 2.45) is 0 Å². The van der Waals surface area contributed by atoms with Crippen molar-refractivity contribution < 1.29 is 0 Å². The number of benzene rings is 1. The highest BCUT2D eigenvalue weighted by Gasteiger charge is 2.23. The molecule has 1 aromatic carbocycles. The van der Waals surface area contributed by atoms with Gasteiger partial charge in [-0.3, -0.25) is 0 Å². The molecule has 4 heteroatoms. The second-order valence-electron chi connectivity index (χ2n) is 4.88. The lowest BCUT2D eigenvalue weighted by atomic mass is 10.3.